The van der Waals surface area contributed by atoms with Gasteiger partial charge in [-0.05, 0) is 53.1 Å². The number of anilines is 1. The fourth-order valence-electron chi connectivity index (χ4n) is 4.12. The highest BCUT2D eigenvalue weighted by atomic mass is 19.1. The number of para-hydroxylation sites is 1. The standard InChI is InChI=1S/C24H23FN2O3/c1-16-18(14-22(28)29)13-17-7-8-19(25)15-21(17)23(16)24(30)27-11-9-26(10-12-27)20-5-3-2-4-6-20/h2-8,13,15H,9-12,14H2,1H3,(H,28,29). The van der Waals surface area contributed by atoms with E-state index in [0.29, 0.717) is 53.6 Å². The molecule has 154 valence electrons. The smallest absolute Gasteiger partial charge is 0.307 e. The van der Waals surface area contributed by atoms with Crippen LogP contribution in [-0.4, -0.2) is 48.1 Å². The van der Waals surface area contributed by atoms with Crippen LogP contribution >= 0.6 is 0 Å². The van der Waals surface area contributed by atoms with Crippen molar-refractivity contribution in [2.45, 2.75) is 13.3 Å². The number of piperazine rings is 1. The lowest BCUT2D eigenvalue weighted by atomic mass is 9.92. The van der Waals surface area contributed by atoms with Crippen LogP contribution in [-0.2, 0) is 11.2 Å². The zero-order valence-corrected chi connectivity index (χ0v) is 16.8. The molecular weight excluding hydrogens is 383 g/mol. The lowest BCUT2D eigenvalue weighted by molar-refractivity contribution is -0.136. The summed E-state index contributed by atoms with van der Waals surface area (Å²) in [7, 11) is 0. The minimum absolute atomic E-state index is 0.178. The van der Waals surface area contributed by atoms with Gasteiger partial charge in [0.2, 0.25) is 0 Å². The van der Waals surface area contributed by atoms with Crippen LogP contribution in [0.3, 0.4) is 0 Å². The molecule has 0 unspecified atom stereocenters. The first-order valence-electron chi connectivity index (χ1n) is 9.97. The number of hydrogen-bond donors (Lipinski definition) is 1. The van der Waals surface area contributed by atoms with Crippen molar-refractivity contribution < 1.29 is 19.1 Å². The number of carbonyl (C=O) groups is 2. The number of carboxylic acids is 1. The summed E-state index contributed by atoms with van der Waals surface area (Å²) in [4.78, 5) is 28.8. The maximum atomic E-state index is 14.0. The number of fused-ring (bicyclic) bond motifs is 1. The SMILES string of the molecule is Cc1c(CC(=O)O)cc2ccc(F)cc2c1C(=O)N1CCN(c2ccccc2)CC1. The van der Waals surface area contributed by atoms with E-state index in [9.17, 15) is 19.1 Å². The average Bonchev–Trinajstić information content (AvgIpc) is 2.75. The van der Waals surface area contributed by atoms with Crippen molar-refractivity contribution in [2.75, 3.05) is 31.1 Å². The Morgan fingerprint density at radius 2 is 1.70 bits per heavy atom. The van der Waals surface area contributed by atoms with Crippen molar-refractivity contribution in [3.63, 3.8) is 0 Å². The summed E-state index contributed by atoms with van der Waals surface area (Å²) in [6, 6.07) is 16.1. The number of halogens is 1. The number of hydrogen-bond acceptors (Lipinski definition) is 3. The van der Waals surface area contributed by atoms with Crippen molar-refractivity contribution in [2.24, 2.45) is 0 Å². The Bertz CT molecular complexity index is 1110. The van der Waals surface area contributed by atoms with Gasteiger partial charge in [-0.15, -0.1) is 0 Å². The van der Waals surface area contributed by atoms with Gasteiger partial charge in [0, 0.05) is 31.9 Å². The Kier molecular flexibility index (Phi) is 5.40. The second-order valence-corrected chi connectivity index (χ2v) is 7.59. The van der Waals surface area contributed by atoms with E-state index < -0.39 is 11.8 Å². The predicted octanol–water partition coefficient (Wildman–Crippen LogP) is 3.88. The molecule has 0 radical (unpaired) electrons. The minimum Gasteiger partial charge on any atom is -0.481 e. The average molecular weight is 406 g/mol. The molecule has 3 aromatic carbocycles. The quantitative estimate of drug-likeness (QED) is 0.714. The maximum Gasteiger partial charge on any atom is 0.307 e. The number of carbonyl (C=O) groups excluding carboxylic acids is 1. The van der Waals surface area contributed by atoms with Crippen LogP contribution in [0.2, 0.25) is 0 Å². The summed E-state index contributed by atoms with van der Waals surface area (Å²) in [5.41, 5.74) is 2.70. The van der Waals surface area contributed by atoms with Crippen LogP contribution in [0.4, 0.5) is 10.1 Å². The topological polar surface area (TPSA) is 60.9 Å². The summed E-state index contributed by atoms with van der Waals surface area (Å²) in [6.45, 7) is 4.25. The maximum absolute atomic E-state index is 14.0. The van der Waals surface area contributed by atoms with Crippen LogP contribution in [0.1, 0.15) is 21.5 Å². The molecule has 6 heteroatoms. The van der Waals surface area contributed by atoms with Gasteiger partial charge in [-0.2, -0.15) is 0 Å². The first kappa shape index (κ1) is 19.9. The molecule has 3 aromatic rings. The van der Waals surface area contributed by atoms with Crippen molar-refractivity contribution >= 4 is 28.3 Å². The normalized spacial score (nSPS) is 14.2. The Morgan fingerprint density at radius 3 is 2.37 bits per heavy atom. The summed E-state index contributed by atoms with van der Waals surface area (Å²) >= 11 is 0. The zero-order valence-electron chi connectivity index (χ0n) is 16.8. The third-order valence-corrected chi connectivity index (χ3v) is 5.71. The van der Waals surface area contributed by atoms with Crippen LogP contribution in [0.15, 0.2) is 54.6 Å². The van der Waals surface area contributed by atoms with Crippen molar-refractivity contribution in [1.29, 1.82) is 0 Å². The van der Waals surface area contributed by atoms with E-state index in [1.54, 1.807) is 24.0 Å². The summed E-state index contributed by atoms with van der Waals surface area (Å²) in [5, 5.41) is 10.5. The fraction of sp³-hybridized carbons (Fsp3) is 0.250. The number of benzene rings is 3. The van der Waals surface area contributed by atoms with Gasteiger partial charge in [-0.1, -0.05) is 30.3 Å². The monoisotopic (exact) mass is 406 g/mol. The number of carboxylic acid groups (broad SMARTS) is 1. The molecule has 1 heterocycles. The van der Waals surface area contributed by atoms with Crippen LogP contribution in [0.25, 0.3) is 10.8 Å². The molecule has 1 N–H and O–H groups in total. The second kappa shape index (κ2) is 8.14. The van der Waals surface area contributed by atoms with Gasteiger partial charge in [0.1, 0.15) is 5.82 Å². The third-order valence-electron chi connectivity index (χ3n) is 5.71. The first-order chi connectivity index (χ1) is 14.4. The van der Waals surface area contributed by atoms with Crippen LogP contribution in [0, 0.1) is 12.7 Å². The molecule has 4 rings (SSSR count). The van der Waals surface area contributed by atoms with Crippen molar-refractivity contribution in [1.82, 2.24) is 4.90 Å². The van der Waals surface area contributed by atoms with Gasteiger partial charge < -0.3 is 14.9 Å². The molecule has 1 amide bonds. The van der Waals surface area contributed by atoms with Gasteiger partial charge in [0.25, 0.3) is 5.91 Å². The molecule has 0 atom stereocenters. The Hall–Kier alpha value is -3.41. The number of rotatable bonds is 4. The van der Waals surface area contributed by atoms with Crippen LogP contribution in [0.5, 0.6) is 0 Å². The van der Waals surface area contributed by atoms with Crippen LogP contribution < -0.4 is 4.90 Å². The highest BCUT2D eigenvalue weighted by Crippen LogP contribution is 2.29. The zero-order chi connectivity index (χ0) is 21.3. The fourth-order valence-corrected chi connectivity index (χ4v) is 4.12. The third kappa shape index (κ3) is 3.85. The highest BCUT2D eigenvalue weighted by Gasteiger charge is 2.26. The molecule has 1 aliphatic rings. The van der Waals surface area contributed by atoms with Crippen molar-refractivity contribution in [3.05, 3.63) is 77.1 Å². The van der Waals surface area contributed by atoms with E-state index in [1.807, 2.05) is 30.3 Å². The molecule has 1 fully saturated rings. The molecule has 0 aliphatic carbocycles. The van der Waals surface area contributed by atoms with Gasteiger partial charge in [-0.3, -0.25) is 9.59 Å². The van der Waals surface area contributed by atoms with E-state index in [1.165, 1.54) is 12.1 Å². The molecule has 1 saturated heterocycles. The Balaban J connectivity index is 1.66. The van der Waals surface area contributed by atoms with Gasteiger partial charge >= 0.3 is 5.97 Å². The number of nitrogens with zero attached hydrogens (tertiary/aromatic N) is 2. The molecule has 0 bridgehead atoms. The van der Waals surface area contributed by atoms with Gasteiger partial charge in [-0.25, -0.2) is 4.39 Å². The predicted molar refractivity (Wildman–Crippen MR) is 115 cm³/mol. The van der Waals surface area contributed by atoms with Crippen molar-refractivity contribution in [3.8, 4) is 0 Å². The molecule has 5 nitrogen and oxygen atoms in total. The summed E-state index contributed by atoms with van der Waals surface area (Å²) < 4.78 is 14.0. The molecule has 1 aliphatic heterocycles. The highest BCUT2D eigenvalue weighted by molar-refractivity contribution is 6.09. The van der Waals surface area contributed by atoms with Gasteiger partial charge in [0.15, 0.2) is 0 Å². The lowest BCUT2D eigenvalue weighted by Crippen LogP contribution is -2.49. The molecular formula is C24H23FN2O3. The minimum atomic E-state index is -0.963. The van der Waals surface area contributed by atoms with E-state index in [0.717, 1.165) is 5.69 Å². The van der Waals surface area contributed by atoms with E-state index in [2.05, 4.69) is 4.90 Å². The van der Waals surface area contributed by atoms with Gasteiger partial charge in [0.05, 0.1) is 12.0 Å². The molecule has 0 aromatic heterocycles. The number of aliphatic carboxylic acids is 1. The molecule has 30 heavy (non-hydrogen) atoms. The Morgan fingerprint density at radius 1 is 1.00 bits per heavy atom. The summed E-state index contributed by atoms with van der Waals surface area (Å²) in [6.07, 6.45) is -0.179. The second-order valence-electron chi connectivity index (χ2n) is 7.59. The largest absolute Gasteiger partial charge is 0.481 e. The number of amides is 1. The van der Waals surface area contributed by atoms with E-state index >= 15 is 0 Å². The molecule has 0 spiro atoms. The van der Waals surface area contributed by atoms with E-state index in [4.69, 9.17) is 0 Å². The lowest BCUT2D eigenvalue weighted by Gasteiger charge is -2.36. The first-order valence-corrected chi connectivity index (χ1v) is 9.97. The Labute approximate surface area is 174 Å². The molecule has 0 saturated carbocycles. The van der Waals surface area contributed by atoms with E-state index in [-0.39, 0.29) is 12.3 Å². The summed E-state index contributed by atoms with van der Waals surface area (Å²) in [5.74, 6) is -1.56.